The first-order chi connectivity index (χ1) is 9.85. The largest absolute Gasteiger partial charge is 0.373 e. The smallest absolute Gasteiger partial charge is 0.134 e. The van der Waals surface area contributed by atoms with Crippen LogP contribution in [0.5, 0.6) is 0 Å². The van der Waals surface area contributed by atoms with Gasteiger partial charge in [-0.15, -0.1) is 0 Å². The van der Waals surface area contributed by atoms with E-state index < -0.39 is 0 Å². The number of anilines is 2. The lowest BCUT2D eigenvalue weighted by atomic mass is 10.1. The van der Waals surface area contributed by atoms with Crippen molar-refractivity contribution in [3.63, 3.8) is 0 Å². The Bertz CT molecular complexity index is 525. The Morgan fingerprint density at radius 1 is 1.05 bits per heavy atom. The topological polar surface area (TPSA) is 49.8 Å². The number of nitrogens with one attached hydrogen (secondary N) is 2. The first-order valence-electron chi connectivity index (χ1n) is 7.14. The summed E-state index contributed by atoms with van der Waals surface area (Å²) in [7, 11) is 1.89. The van der Waals surface area contributed by atoms with Crippen LogP contribution in [0.3, 0.4) is 0 Å². The van der Waals surface area contributed by atoms with Gasteiger partial charge in [0.2, 0.25) is 0 Å². The molecule has 0 fully saturated rings. The number of rotatable bonds is 7. The summed E-state index contributed by atoms with van der Waals surface area (Å²) in [5, 5.41) is 6.53. The Morgan fingerprint density at radius 2 is 1.80 bits per heavy atom. The van der Waals surface area contributed by atoms with Gasteiger partial charge in [0.1, 0.15) is 18.0 Å². The van der Waals surface area contributed by atoms with E-state index in [-0.39, 0.29) is 0 Å². The monoisotopic (exact) mass is 270 g/mol. The Labute approximate surface area is 120 Å². The normalized spacial score (nSPS) is 10.3. The molecule has 0 saturated carbocycles. The predicted molar refractivity (Wildman–Crippen MR) is 84.2 cm³/mol. The van der Waals surface area contributed by atoms with Crippen LogP contribution in [0, 0.1) is 0 Å². The molecule has 0 spiro atoms. The van der Waals surface area contributed by atoms with E-state index in [0.717, 1.165) is 43.0 Å². The molecule has 0 aliphatic heterocycles. The molecule has 4 nitrogen and oxygen atoms in total. The summed E-state index contributed by atoms with van der Waals surface area (Å²) in [5.74, 6) is 1.85. The van der Waals surface area contributed by atoms with Gasteiger partial charge in [-0.25, -0.2) is 9.97 Å². The van der Waals surface area contributed by atoms with Gasteiger partial charge in [-0.1, -0.05) is 37.3 Å². The van der Waals surface area contributed by atoms with Crippen molar-refractivity contribution >= 4 is 11.6 Å². The van der Waals surface area contributed by atoms with Crippen LogP contribution in [0.25, 0.3) is 0 Å². The Morgan fingerprint density at radius 3 is 2.50 bits per heavy atom. The summed E-state index contributed by atoms with van der Waals surface area (Å²) < 4.78 is 0. The number of nitrogens with zero attached hydrogens (tertiary/aromatic N) is 2. The number of aryl methyl sites for hydroxylation is 1. The van der Waals surface area contributed by atoms with Crippen molar-refractivity contribution in [2.45, 2.75) is 26.2 Å². The molecule has 2 rings (SSSR count). The van der Waals surface area contributed by atoms with Crippen molar-refractivity contribution in [3.05, 3.63) is 47.8 Å². The van der Waals surface area contributed by atoms with Gasteiger partial charge in [-0.05, 0) is 24.8 Å². The molecular weight excluding hydrogens is 248 g/mol. The molecule has 0 atom stereocenters. The van der Waals surface area contributed by atoms with Crippen LogP contribution in [-0.2, 0) is 12.8 Å². The fourth-order valence-corrected chi connectivity index (χ4v) is 2.26. The molecular formula is C16H22N4. The third-order valence-electron chi connectivity index (χ3n) is 3.31. The van der Waals surface area contributed by atoms with Crippen molar-refractivity contribution in [3.8, 4) is 0 Å². The van der Waals surface area contributed by atoms with E-state index in [2.05, 4.69) is 57.9 Å². The van der Waals surface area contributed by atoms with Gasteiger partial charge in [-0.3, -0.25) is 0 Å². The highest BCUT2D eigenvalue weighted by molar-refractivity contribution is 5.57. The van der Waals surface area contributed by atoms with Gasteiger partial charge < -0.3 is 10.6 Å². The maximum atomic E-state index is 4.34. The van der Waals surface area contributed by atoms with E-state index in [0.29, 0.717) is 0 Å². The van der Waals surface area contributed by atoms with Crippen LogP contribution in [0.4, 0.5) is 11.6 Å². The fraction of sp³-hybridized carbons (Fsp3) is 0.375. The van der Waals surface area contributed by atoms with Gasteiger partial charge in [0, 0.05) is 19.2 Å². The van der Waals surface area contributed by atoms with Gasteiger partial charge in [0.05, 0.1) is 0 Å². The lowest BCUT2D eigenvalue weighted by molar-refractivity contribution is 0.854. The lowest BCUT2D eigenvalue weighted by Crippen LogP contribution is -2.09. The Hall–Kier alpha value is -2.10. The quantitative estimate of drug-likeness (QED) is 0.759. The molecule has 0 saturated heterocycles. The lowest BCUT2D eigenvalue weighted by Gasteiger charge is -2.12. The van der Waals surface area contributed by atoms with E-state index in [1.54, 1.807) is 6.33 Å². The summed E-state index contributed by atoms with van der Waals surface area (Å²) in [4.78, 5) is 8.58. The van der Waals surface area contributed by atoms with E-state index >= 15 is 0 Å². The van der Waals surface area contributed by atoms with Crippen molar-refractivity contribution in [2.24, 2.45) is 0 Å². The number of hydrogen-bond acceptors (Lipinski definition) is 4. The highest BCUT2D eigenvalue weighted by Gasteiger charge is 2.07. The van der Waals surface area contributed by atoms with Crippen LogP contribution in [-0.4, -0.2) is 23.6 Å². The summed E-state index contributed by atoms with van der Waals surface area (Å²) in [6, 6.07) is 10.6. The van der Waals surface area contributed by atoms with Gasteiger partial charge in [0.25, 0.3) is 0 Å². The Balaban J connectivity index is 1.88. The number of aromatic nitrogens is 2. The summed E-state index contributed by atoms with van der Waals surface area (Å²) in [6.45, 7) is 3.04. The van der Waals surface area contributed by atoms with Crippen LogP contribution in [0.1, 0.15) is 24.5 Å². The minimum Gasteiger partial charge on any atom is -0.373 e. The van der Waals surface area contributed by atoms with Crippen LogP contribution in [0.2, 0.25) is 0 Å². The van der Waals surface area contributed by atoms with Crippen LogP contribution < -0.4 is 10.6 Å². The minimum absolute atomic E-state index is 0.910. The van der Waals surface area contributed by atoms with E-state index in [1.807, 2.05) is 7.05 Å². The van der Waals surface area contributed by atoms with Crippen LogP contribution in [0.15, 0.2) is 36.7 Å². The first kappa shape index (κ1) is 14.3. The molecule has 1 aromatic heterocycles. The zero-order valence-electron chi connectivity index (χ0n) is 12.2. The summed E-state index contributed by atoms with van der Waals surface area (Å²) in [5.41, 5.74) is 2.53. The third kappa shape index (κ3) is 3.70. The highest BCUT2D eigenvalue weighted by atomic mass is 15.1. The van der Waals surface area contributed by atoms with Crippen molar-refractivity contribution < 1.29 is 0 Å². The fourth-order valence-electron chi connectivity index (χ4n) is 2.26. The average molecular weight is 270 g/mol. The highest BCUT2D eigenvalue weighted by Crippen LogP contribution is 2.19. The van der Waals surface area contributed by atoms with Gasteiger partial charge in [0.15, 0.2) is 0 Å². The maximum Gasteiger partial charge on any atom is 0.134 e. The van der Waals surface area contributed by atoms with E-state index in [9.17, 15) is 0 Å². The molecule has 0 unspecified atom stereocenters. The van der Waals surface area contributed by atoms with E-state index in [4.69, 9.17) is 0 Å². The molecule has 0 amide bonds. The summed E-state index contributed by atoms with van der Waals surface area (Å²) in [6.07, 6.45) is 4.69. The van der Waals surface area contributed by atoms with Crippen molar-refractivity contribution in [2.75, 3.05) is 24.2 Å². The maximum absolute atomic E-state index is 4.34. The minimum atomic E-state index is 0.910. The molecule has 2 aromatic rings. The average Bonchev–Trinajstić information content (AvgIpc) is 2.52. The molecule has 0 aliphatic rings. The standard InChI is InChI=1S/C16H22N4/c1-3-14-15(17-2)19-12-20-16(14)18-11-7-10-13-8-5-4-6-9-13/h4-6,8-9,12H,3,7,10-11H2,1-2H3,(H2,17,18,19,20). The number of hydrogen-bond donors (Lipinski definition) is 2. The van der Waals surface area contributed by atoms with Crippen molar-refractivity contribution in [1.29, 1.82) is 0 Å². The molecule has 0 aliphatic carbocycles. The molecule has 1 aromatic carbocycles. The summed E-state index contributed by atoms with van der Waals surface area (Å²) >= 11 is 0. The second-order valence-corrected chi connectivity index (χ2v) is 4.67. The first-order valence-corrected chi connectivity index (χ1v) is 7.14. The zero-order valence-corrected chi connectivity index (χ0v) is 12.2. The molecule has 0 radical (unpaired) electrons. The molecule has 0 bridgehead atoms. The number of benzene rings is 1. The Kier molecular flexibility index (Phi) is 5.35. The predicted octanol–water partition coefficient (Wildman–Crippen LogP) is 3.13. The molecule has 106 valence electrons. The third-order valence-corrected chi connectivity index (χ3v) is 3.31. The molecule has 2 N–H and O–H groups in total. The van der Waals surface area contributed by atoms with Crippen LogP contribution >= 0.6 is 0 Å². The molecule has 4 heteroatoms. The SMILES string of the molecule is CCc1c(NC)ncnc1NCCCc1ccccc1. The van der Waals surface area contributed by atoms with Gasteiger partial charge >= 0.3 is 0 Å². The second-order valence-electron chi connectivity index (χ2n) is 4.67. The van der Waals surface area contributed by atoms with Crippen molar-refractivity contribution in [1.82, 2.24) is 9.97 Å². The zero-order chi connectivity index (χ0) is 14.2. The molecule has 20 heavy (non-hydrogen) atoms. The van der Waals surface area contributed by atoms with Gasteiger partial charge in [-0.2, -0.15) is 0 Å². The molecule has 1 heterocycles. The second kappa shape index (κ2) is 7.48. The van der Waals surface area contributed by atoms with E-state index in [1.165, 1.54) is 5.56 Å².